The summed E-state index contributed by atoms with van der Waals surface area (Å²) < 4.78 is 40.1. The van der Waals surface area contributed by atoms with E-state index in [1.165, 1.54) is 18.2 Å². The van der Waals surface area contributed by atoms with Gasteiger partial charge in [-0.15, -0.1) is 25.6 Å². The third-order valence-electron chi connectivity index (χ3n) is 2.70. The van der Waals surface area contributed by atoms with E-state index in [0.29, 0.717) is 5.56 Å². The molecule has 0 fully saturated rings. The van der Waals surface area contributed by atoms with Crippen molar-refractivity contribution in [2.24, 2.45) is 11.1 Å². The SMILES string of the molecule is CC(C)(CO)[C@H](N)c1cccc(OC(F)(F)F)c1.Cl. The zero-order valence-corrected chi connectivity index (χ0v) is 11.4. The molecule has 0 saturated heterocycles. The molecule has 0 spiro atoms. The Bertz CT molecular complexity index is 410. The van der Waals surface area contributed by atoms with Gasteiger partial charge in [-0.25, -0.2) is 0 Å². The second-order valence-electron chi connectivity index (χ2n) is 4.74. The third kappa shape index (κ3) is 5.26. The van der Waals surface area contributed by atoms with Crippen LogP contribution in [0.15, 0.2) is 24.3 Å². The Morgan fingerprint density at radius 3 is 2.37 bits per heavy atom. The number of aliphatic hydroxyl groups excluding tert-OH is 1. The Hall–Kier alpha value is -0.980. The van der Waals surface area contributed by atoms with Crippen LogP contribution in [-0.2, 0) is 0 Å². The highest BCUT2D eigenvalue weighted by atomic mass is 35.5. The van der Waals surface area contributed by atoms with Crippen LogP contribution in [0.2, 0.25) is 0 Å². The molecular formula is C12H17ClF3NO2. The number of aliphatic hydroxyl groups is 1. The van der Waals surface area contributed by atoms with Crippen LogP contribution >= 0.6 is 12.4 Å². The van der Waals surface area contributed by atoms with Gasteiger partial charge in [0.25, 0.3) is 0 Å². The lowest BCUT2D eigenvalue weighted by Crippen LogP contribution is -2.32. The normalized spacial score (nSPS) is 13.6. The van der Waals surface area contributed by atoms with Crippen LogP contribution in [0.4, 0.5) is 13.2 Å². The molecule has 19 heavy (non-hydrogen) atoms. The zero-order valence-electron chi connectivity index (χ0n) is 10.6. The van der Waals surface area contributed by atoms with Gasteiger partial charge in [-0.3, -0.25) is 0 Å². The quantitative estimate of drug-likeness (QED) is 0.898. The van der Waals surface area contributed by atoms with Gasteiger partial charge < -0.3 is 15.6 Å². The van der Waals surface area contributed by atoms with Crippen LogP contribution in [0.1, 0.15) is 25.5 Å². The summed E-state index contributed by atoms with van der Waals surface area (Å²) in [7, 11) is 0. The second kappa shape index (κ2) is 6.45. The standard InChI is InChI=1S/C12H16F3NO2.ClH/c1-11(2,7-17)10(16)8-4-3-5-9(6-8)18-12(13,14)15;/h3-6,10,17H,7,16H2,1-2H3;1H/t10-;/m1./s1. The highest BCUT2D eigenvalue weighted by Gasteiger charge is 2.32. The molecule has 0 heterocycles. The molecule has 1 rings (SSSR count). The molecule has 1 aromatic carbocycles. The fourth-order valence-corrected chi connectivity index (χ4v) is 1.45. The summed E-state index contributed by atoms with van der Waals surface area (Å²) in [6, 6.07) is 4.89. The number of alkyl halides is 3. The minimum Gasteiger partial charge on any atom is -0.406 e. The smallest absolute Gasteiger partial charge is 0.406 e. The zero-order chi connectivity index (χ0) is 14.0. The van der Waals surface area contributed by atoms with E-state index in [0.717, 1.165) is 0 Å². The molecule has 1 atom stereocenters. The van der Waals surface area contributed by atoms with Crippen LogP contribution < -0.4 is 10.5 Å². The lowest BCUT2D eigenvalue weighted by atomic mass is 9.82. The highest BCUT2D eigenvalue weighted by Crippen LogP contribution is 2.33. The van der Waals surface area contributed by atoms with Crippen LogP contribution in [0.5, 0.6) is 5.75 Å². The molecule has 0 aliphatic carbocycles. The maximum atomic E-state index is 12.1. The average Bonchev–Trinajstić information content (AvgIpc) is 2.26. The van der Waals surface area contributed by atoms with Gasteiger partial charge in [-0.05, 0) is 17.7 Å². The fourth-order valence-electron chi connectivity index (χ4n) is 1.45. The predicted octanol–water partition coefficient (Wildman–Crippen LogP) is 3.03. The predicted molar refractivity (Wildman–Crippen MR) is 68.2 cm³/mol. The van der Waals surface area contributed by atoms with E-state index in [1.54, 1.807) is 19.9 Å². The van der Waals surface area contributed by atoms with Crippen molar-refractivity contribution in [3.05, 3.63) is 29.8 Å². The molecule has 0 saturated carbocycles. The Balaban J connectivity index is 0.00000324. The summed E-state index contributed by atoms with van der Waals surface area (Å²) in [4.78, 5) is 0. The number of hydrogen-bond donors (Lipinski definition) is 2. The van der Waals surface area contributed by atoms with Gasteiger partial charge in [-0.2, -0.15) is 0 Å². The van der Waals surface area contributed by atoms with Crippen molar-refractivity contribution in [3.8, 4) is 5.75 Å². The van der Waals surface area contributed by atoms with Crippen molar-refractivity contribution in [2.45, 2.75) is 26.3 Å². The molecule has 0 amide bonds. The summed E-state index contributed by atoms with van der Waals surface area (Å²) in [5.74, 6) is -0.316. The summed E-state index contributed by atoms with van der Waals surface area (Å²) >= 11 is 0. The fraction of sp³-hybridized carbons (Fsp3) is 0.500. The van der Waals surface area contributed by atoms with E-state index in [9.17, 15) is 18.3 Å². The van der Waals surface area contributed by atoms with E-state index in [2.05, 4.69) is 4.74 Å². The lowest BCUT2D eigenvalue weighted by Gasteiger charge is -2.29. The van der Waals surface area contributed by atoms with Gasteiger partial charge in [-0.1, -0.05) is 26.0 Å². The van der Waals surface area contributed by atoms with E-state index < -0.39 is 17.8 Å². The minimum absolute atomic E-state index is 0. The Labute approximate surface area is 116 Å². The molecule has 1 aromatic rings. The first-order chi connectivity index (χ1) is 8.15. The van der Waals surface area contributed by atoms with Crippen molar-refractivity contribution in [2.75, 3.05) is 6.61 Å². The molecule has 7 heteroatoms. The summed E-state index contributed by atoms with van der Waals surface area (Å²) in [6.07, 6.45) is -4.73. The van der Waals surface area contributed by atoms with E-state index in [4.69, 9.17) is 5.73 Å². The number of nitrogens with two attached hydrogens (primary N) is 1. The molecule has 0 aliphatic heterocycles. The second-order valence-corrected chi connectivity index (χ2v) is 4.74. The number of halogens is 4. The Morgan fingerprint density at radius 1 is 1.32 bits per heavy atom. The summed E-state index contributed by atoms with van der Waals surface area (Å²) in [6.45, 7) is 3.29. The summed E-state index contributed by atoms with van der Waals surface area (Å²) in [5, 5.41) is 9.19. The monoisotopic (exact) mass is 299 g/mol. The highest BCUT2D eigenvalue weighted by molar-refractivity contribution is 5.85. The molecule has 0 radical (unpaired) electrons. The molecule has 110 valence electrons. The first-order valence-electron chi connectivity index (χ1n) is 5.38. The molecule has 0 aromatic heterocycles. The van der Waals surface area contributed by atoms with Crippen molar-refractivity contribution in [1.82, 2.24) is 0 Å². The van der Waals surface area contributed by atoms with Gasteiger partial charge in [0.1, 0.15) is 5.75 Å². The van der Waals surface area contributed by atoms with Crippen molar-refractivity contribution < 1.29 is 23.0 Å². The number of ether oxygens (including phenoxy) is 1. The van der Waals surface area contributed by atoms with Gasteiger partial charge >= 0.3 is 6.36 Å². The van der Waals surface area contributed by atoms with Crippen LogP contribution in [0.3, 0.4) is 0 Å². The van der Waals surface area contributed by atoms with Gasteiger partial charge in [0.15, 0.2) is 0 Å². The van der Waals surface area contributed by atoms with Gasteiger partial charge in [0, 0.05) is 18.1 Å². The topological polar surface area (TPSA) is 55.5 Å². The first-order valence-corrected chi connectivity index (χ1v) is 5.38. The van der Waals surface area contributed by atoms with E-state index in [1.807, 2.05) is 0 Å². The van der Waals surface area contributed by atoms with Gasteiger partial charge in [0.05, 0.1) is 0 Å². The average molecular weight is 300 g/mol. The molecule has 0 aliphatic rings. The van der Waals surface area contributed by atoms with Crippen molar-refractivity contribution in [1.29, 1.82) is 0 Å². The maximum Gasteiger partial charge on any atom is 0.573 e. The molecular weight excluding hydrogens is 283 g/mol. The van der Waals surface area contributed by atoms with Crippen LogP contribution in [0.25, 0.3) is 0 Å². The Morgan fingerprint density at radius 2 is 1.89 bits per heavy atom. The summed E-state index contributed by atoms with van der Waals surface area (Å²) in [5.41, 5.74) is 5.77. The maximum absolute atomic E-state index is 12.1. The van der Waals surface area contributed by atoms with Crippen molar-refractivity contribution >= 4 is 12.4 Å². The minimum atomic E-state index is -4.73. The van der Waals surface area contributed by atoms with E-state index >= 15 is 0 Å². The Kier molecular flexibility index (Phi) is 6.12. The molecule has 0 bridgehead atoms. The number of hydrogen-bond acceptors (Lipinski definition) is 3. The van der Waals surface area contributed by atoms with Crippen LogP contribution in [-0.4, -0.2) is 18.1 Å². The van der Waals surface area contributed by atoms with Crippen molar-refractivity contribution in [3.63, 3.8) is 0 Å². The molecule has 3 nitrogen and oxygen atoms in total. The largest absolute Gasteiger partial charge is 0.573 e. The number of benzene rings is 1. The molecule has 0 unspecified atom stereocenters. The van der Waals surface area contributed by atoms with Gasteiger partial charge in [0.2, 0.25) is 0 Å². The number of rotatable bonds is 4. The lowest BCUT2D eigenvalue weighted by molar-refractivity contribution is -0.274. The third-order valence-corrected chi connectivity index (χ3v) is 2.70. The molecule has 3 N–H and O–H groups in total. The van der Waals surface area contributed by atoms with Crippen LogP contribution in [0, 0.1) is 5.41 Å². The first kappa shape index (κ1) is 18.0. The van der Waals surface area contributed by atoms with E-state index in [-0.39, 0.29) is 24.8 Å².